The first kappa shape index (κ1) is 13.7. The van der Waals surface area contributed by atoms with Crippen LogP contribution in [0.4, 0.5) is 11.4 Å². The number of anilines is 2. The van der Waals surface area contributed by atoms with E-state index >= 15 is 0 Å². The van der Waals surface area contributed by atoms with Crippen molar-refractivity contribution < 1.29 is 4.74 Å². The molecule has 2 aromatic carbocycles. The van der Waals surface area contributed by atoms with Crippen molar-refractivity contribution in [1.82, 2.24) is 0 Å². The van der Waals surface area contributed by atoms with E-state index in [1.807, 2.05) is 30.3 Å². The highest BCUT2D eigenvalue weighted by atomic mass is 16.5. The first-order valence-corrected chi connectivity index (χ1v) is 7.25. The molecule has 0 N–H and O–H groups in total. The van der Waals surface area contributed by atoms with Crippen LogP contribution in [0, 0.1) is 11.3 Å². The van der Waals surface area contributed by atoms with E-state index in [0.717, 1.165) is 18.7 Å². The highest BCUT2D eigenvalue weighted by molar-refractivity contribution is 5.67. The zero-order valence-corrected chi connectivity index (χ0v) is 12.1. The molecule has 3 heteroatoms. The lowest BCUT2D eigenvalue weighted by Gasteiger charge is -2.31. The van der Waals surface area contributed by atoms with Crippen LogP contribution in [0.25, 0.3) is 0 Å². The highest BCUT2D eigenvalue weighted by Crippen LogP contribution is 2.31. The number of fused-ring (bicyclic) bond motifs is 1. The summed E-state index contributed by atoms with van der Waals surface area (Å²) < 4.78 is 5.84. The summed E-state index contributed by atoms with van der Waals surface area (Å²) in [5.74, 6) is 0. The molecule has 0 spiro atoms. The topological polar surface area (TPSA) is 36.3 Å². The second kappa shape index (κ2) is 5.99. The van der Waals surface area contributed by atoms with E-state index in [1.165, 1.54) is 11.3 Å². The standard InChI is InChI=1S/C18H18N2O/c1-14-11-16-12-15(13-19)7-8-18(16)20(9-10-21-14)17-5-3-2-4-6-17/h2-8,12,14H,9-11H2,1H3. The molecule has 106 valence electrons. The molecular formula is C18H18N2O. The molecular weight excluding hydrogens is 260 g/mol. The molecule has 3 rings (SSSR count). The lowest BCUT2D eigenvalue weighted by Crippen LogP contribution is -2.29. The number of para-hydroxylation sites is 1. The zero-order valence-electron chi connectivity index (χ0n) is 12.1. The number of nitriles is 1. The van der Waals surface area contributed by atoms with E-state index in [0.29, 0.717) is 12.2 Å². The number of benzene rings is 2. The number of hydrogen-bond donors (Lipinski definition) is 0. The zero-order chi connectivity index (χ0) is 14.7. The smallest absolute Gasteiger partial charge is 0.0991 e. The monoisotopic (exact) mass is 278 g/mol. The maximum absolute atomic E-state index is 9.12. The molecule has 1 unspecified atom stereocenters. The van der Waals surface area contributed by atoms with Crippen molar-refractivity contribution in [3.8, 4) is 6.07 Å². The highest BCUT2D eigenvalue weighted by Gasteiger charge is 2.19. The predicted octanol–water partition coefficient (Wildman–Crippen LogP) is 3.66. The fourth-order valence-electron chi connectivity index (χ4n) is 2.79. The van der Waals surface area contributed by atoms with Crippen molar-refractivity contribution in [2.75, 3.05) is 18.1 Å². The molecule has 1 atom stereocenters. The van der Waals surface area contributed by atoms with Gasteiger partial charge in [0, 0.05) is 24.3 Å². The molecule has 0 fully saturated rings. The summed E-state index contributed by atoms with van der Waals surface area (Å²) in [5.41, 5.74) is 4.21. The second-order valence-corrected chi connectivity index (χ2v) is 5.33. The first-order valence-electron chi connectivity index (χ1n) is 7.25. The van der Waals surface area contributed by atoms with Crippen LogP contribution < -0.4 is 4.90 Å². The summed E-state index contributed by atoms with van der Waals surface area (Å²) >= 11 is 0. The Morgan fingerprint density at radius 3 is 2.76 bits per heavy atom. The lowest BCUT2D eigenvalue weighted by atomic mass is 10.0. The van der Waals surface area contributed by atoms with E-state index in [1.54, 1.807) is 0 Å². The van der Waals surface area contributed by atoms with Gasteiger partial charge in [-0.05, 0) is 42.8 Å². The quantitative estimate of drug-likeness (QED) is 0.798. The van der Waals surface area contributed by atoms with E-state index in [2.05, 4.69) is 36.1 Å². The molecule has 0 bridgehead atoms. The van der Waals surface area contributed by atoms with Crippen LogP contribution in [0.1, 0.15) is 18.1 Å². The number of nitrogens with zero attached hydrogens (tertiary/aromatic N) is 2. The third kappa shape index (κ3) is 2.91. The average Bonchev–Trinajstić information content (AvgIpc) is 2.51. The minimum absolute atomic E-state index is 0.176. The van der Waals surface area contributed by atoms with Crippen LogP contribution >= 0.6 is 0 Å². The van der Waals surface area contributed by atoms with E-state index < -0.39 is 0 Å². The number of ether oxygens (including phenoxy) is 1. The van der Waals surface area contributed by atoms with Crippen molar-refractivity contribution in [2.45, 2.75) is 19.4 Å². The van der Waals surface area contributed by atoms with Crippen molar-refractivity contribution >= 4 is 11.4 Å². The van der Waals surface area contributed by atoms with Crippen LogP contribution in [0.2, 0.25) is 0 Å². The Labute approximate surface area is 125 Å². The summed E-state index contributed by atoms with van der Waals surface area (Å²) in [5, 5.41) is 9.12. The van der Waals surface area contributed by atoms with Gasteiger partial charge in [-0.3, -0.25) is 0 Å². The molecule has 0 amide bonds. The maximum atomic E-state index is 9.12. The Balaban J connectivity index is 2.08. The van der Waals surface area contributed by atoms with Crippen molar-refractivity contribution in [3.05, 3.63) is 59.7 Å². The Bertz CT molecular complexity index is 661. The van der Waals surface area contributed by atoms with Gasteiger partial charge in [-0.2, -0.15) is 5.26 Å². The summed E-state index contributed by atoms with van der Waals surface area (Å²) in [6, 6.07) is 18.5. The van der Waals surface area contributed by atoms with E-state index in [9.17, 15) is 0 Å². The van der Waals surface area contributed by atoms with Gasteiger partial charge in [0.15, 0.2) is 0 Å². The van der Waals surface area contributed by atoms with Gasteiger partial charge in [0.2, 0.25) is 0 Å². The van der Waals surface area contributed by atoms with Crippen LogP contribution in [0.3, 0.4) is 0 Å². The summed E-state index contributed by atoms with van der Waals surface area (Å²) in [6.45, 7) is 3.60. The largest absolute Gasteiger partial charge is 0.376 e. The van der Waals surface area contributed by atoms with Gasteiger partial charge in [0.1, 0.15) is 0 Å². The van der Waals surface area contributed by atoms with Gasteiger partial charge < -0.3 is 9.64 Å². The fourth-order valence-corrected chi connectivity index (χ4v) is 2.79. The minimum Gasteiger partial charge on any atom is -0.376 e. The second-order valence-electron chi connectivity index (χ2n) is 5.33. The van der Waals surface area contributed by atoms with Gasteiger partial charge in [0.05, 0.1) is 24.3 Å². The van der Waals surface area contributed by atoms with Gasteiger partial charge in [-0.25, -0.2) is 0 Å². The van der Waals surface area contributed by atoms with Gasteiger partial charge in [-0.1, -0.05) is 18.2 Å². The molecule has 0 saturated carbocycles. The number of hydrogen-bond acceptors (Lipinski definition) is 3. The van der Waals surface area contributed by atoms with E-state index in [-0.39, 0.29) is 6.10 Å². The van der Waals surface area contributed by atoms with Crippen LogP contribution in [-0.2, 0) is 11.2 Å². The summed E-state index contributed by atoms with van der Waals surface area (Å²) in [7, 11) is 0. The van der Waals surface area contributed by atoms with Crippen molar-refractivity contribution in [3.63, 3.8) is 0 Å². The van der Waals surface area contributed by atoms with Crippen molar-refractivity contribution in [1.29, 1.82) is 5.26 Å². The van der Waals surface area contributed by atoms with Crippen LogP contribution in [-0.4, -0.2) is 19.3 Å². The third-order valence-electron chi connectivity index (χ3n) is 3.79. The summed E-state index contributed by atoms with van der Waals surface area (Å²) in [6.07, 6.45) is 1.00. The molecule has 2 aromatic rings. The molecule has 1 heterocycles. The molecule has 1 aliphatic rings. The normalized spacial score (nSPS) is 18.3. The Kier molecular flexibility index (Phi) is 3.89. The van der Waals surface area contributed by atoms with Crippen LogP contribution in [0.5, 0.6) is 0 Å². The van der Waals surface area contributed by atoms with Gasteiger partial charge in [-0.15, -0.1) is 0 Å². The maximum Gasteiger partial charge on any atom is 0.0991 e. The van der Waals surface area contributed by atoms with Gasteiger partial charge >= 0.3 is 0 Å². The first-order chi connectivity index (χ1) is 10.3. The molecule has 21 heavy (non-hydrogen) atoms. The molecule has 0 radical (unpaired) electrons. The Hall–Kier alpha value is -2.31. The number of rotatable bonds is 1. The van der Waals surface area contributed by atoms with Crippen molar-refractivity contribution in [2.24, 2.45) is 0 Å². The molecule has 0 aliphatic carbocycles. The third-order valence-corrected chi connectivity index (χ3v) is 3.79. The predicted molar refractivity (Wildman–Crippen MR) is 83.7 cm³/mol. The molecule has 3 nitrogen and oxygen atoms in total. The molecule has 1 aliphatic heterocycles. The lowest BCUT2D eigenvalue weighted by molar-refractivity contribution is 0.0703. The Morgan fingerprint density at radius 2 is 2.00 bits per heavy atom. The minimum atomic E-state index is 0.176. The van der Waals surface area contributed by atoms with Crippen LogP contribution in [0.15, 0.2) is 48.5 Å². The Morgan fingerprint density at radius 1 is 1.19 bits per heavy atom. The SMILES string of the molecule is CC1Cc2cc(C#N)ccc2N(c2ccccc2)CCO1. The van der Waals surface area contributed by atoms with E-state index in [4.69, 9.17) is 10.00 Å². The molecule has 0 saturated heterocycles. The average molecular weight is 278 g/mol. The summed E-state index contributed by atoms with van der Waals surface area (Å²) in [4.78, 5) is 2.27. The molecule has 0 aromatic heterocycles. The fraction of sp³-hybridized carbons (Fsp3) is 0.278. The van der Waals surface area contributed by atoms with Gasteiger partial charge in [0.25, 0.3) is 0 Å².